The van der Waals surface area contributed by atoms with Gasteiger partial charge in [0.05, 0.1) is 19.6 Å². The molecule has 4 heteroatoms. The third-order valence-corrected chi connectivity index (χ3v) is 6.26. The molecule has 1 aliphatic carbocycles. The van der Waals surface area contributed by atoms with Crippen LogP contribution in [0.4, 0.5) is 0 Å². The number of likely N-dealkylation sites (tertiary alicyclic amines) is 1. The Kier molecular flexibility index (Phi) is 6.36. The van der Waals surface area contributed by atoms with Gasteiger partial charge in [0.15, 0.2) is 5.78 Å². The summed E-state index contributed by atoms with van der Waals surface area (Å²) in [6.45, 7) is 2.05. The van der Waals surface area contributed by atoms with Crippen molar-refractivity contribution in [2.75, 3.05) is 20.2 Å². The molecule has 0 bridgehead atoms. The fraction of sp³-hybridized carbons (Fsp3) is 0.500. The molecule has 4 rings (SSSR count). The number of benzene rings is 2. The zero-order valence-electron chi connectivity index (χ0n) is 15.9. The fourth-order valence-electron chi connectivity index (χ4n) is 4.52. The summed E-state index contributed by atoms with van der Waals surface area (Å²) in [7, 11) is 1.62. The highest BCUT2D eigenvalue weighted by molar-refractivity contribution is 6.02. The minimum atomic E-state index is 0. The van der Waals surface area contributed by atoms with Crippen molar-refractivity contribution in [3.63, 3.8) is 0 Å². The lowest BCUT2D eigenvalue weighted by atomic mass is 9.85. The van der Waals surface area contributed by atoms with Crippen molar-refractivity contribution >= 4 is 16.6 Å². The van der Waals surface area contributed by atoms with Crippen LogP contribution in [0, 0.1) is 17.2 Å². The second kappa shape index (κ2) is 8.75. The van der Waals surface area contributed by atoms with Gasteiger partial charge < -0.3 is 4.74 Å². The van der Waals surface area contributed by atoms with Gasteiger partial charge in [0.2, 0.25) is 0 Å². The summed E-state index contributed by atoms with van der Waals surface area (Å²) in [5.41, 5.74) is 1.68. The number of rotatable bonds is 5. The SMILES string of the molecule is C.COc1ccc2cc(C(=O)[C@@H]3CCCN(C4CCC4)C3)ccc2c1CC#N. The normalized spacial score (nSPS) is 20.1. The van der Waals surface area contributed by atoms with Crippen molar-refractivity contribution in [3.8, 4) is 11.8 Å². The average Bonchev–Trinajstić information content (AvgIpc) is 2.66. The first kappa shape index (κ1) is 20.4. The summed E-state index contributed by atoms with van der Waals surface area (Å²) in [4.78, 5) is 15.7. The average molecular weight is 379 g/mol. The first-order chi connectivity index (χ1) is 13.2. The molecule has 1 saturated heterocycles. The number of piperidine rings is 1. The van der Waals surface area contributed by atoms with E-state index in [1.54, 1.807) is 7.11 Å². The molecule has 1 atom stereocenters. The lowest BCUT2D eigenvalue weighted by molar-refractivity contribution is 0.0612. The number of ketones is 1. The molecular weight excluding hydrogens is 348 g/mol. The number of methoxy groups -OCH3 is 1. The number of nitrogens with zero attached hydrogens (tertiary/aromatic N) is 2. The Balaban J connectivity index is 0.00000225. The summed E-state index contributed by atoms with van der Waals surface area (Å²) >= 11 is 0. The Labute approximate surface area is 168 Å². The molecule has 0 unspecified atom stereocenters. The van der Waals surface area contributed by atoms with E-state index < -0.39 is 0 Å². The van der Waals surface area contributed by atoms with Crippen LogP contribution in [0.5, 0.6) is 5.75 Å². The van der Waals surface area contributed by atoms with Gasteiger partial charge in [0.1, 0.15) is 5.75 Å². The van der Waals surface area contributed by atoms with Crippen LogP contribution >= 0.6 is 0 Å². The van der Waals surface area contributed by atoms with Crippen molar-refractivity contribution in [1.82, 2.24) is 4.90 Å². The molecule has 0 amide bonds. The lowest BCUT2D eigenvalue weighted by Gasteiger charge is -2.42. The predicted molar refractivity (Wildman–Crippen MR) is 113 cm³/mol. The zero-order valence-corrected chi connectivity index (χ0v) is 15.9. The smallest absolute Gasteiger partial charge is 0.167 e. The number of carbonyl (C=O) groups excluding carboxylic acids is 1. The third-order valence-electron chi connectivity index (χ3n) is 6.26. The topological polar surface area (TPSA) is 53.3 Å². The van der Waals surface area contributed by atoms with Gasteiger partial charge in [-0.05, 0) is 55.1 Å². The highest BCUT2D eigenvalue weighted by Crippen LogP contribution is 2.32. The second-order valence-corrected chi connectivity index (χ2v) is 7.80. The van der Waals surface area contributed by atoms with Gasteiger partial charge in [-0.25, -0.2) is 0 Å². The van der Waals surface area contributed by atoms with E-state index in [1.807, 2.05) is 30.3 Å². The molecular formula is C24H30N2O2. The number of fused-ring (bicyclic) bond motifs is 1. The van der Waals surface area contributed by atoms with Crippen LogP contribution in [-0.2, 0) is 6.42 Å². The van der Waals surface area contributed by atoms with Gasteiger partial charge in [-0.2, -0.15) is 5.26 Å². The van der Waals surface area contributed by atoms with E-state index >= 15 is 0 Å². The van der Waals surface area contributed by atoms with Gasteiger partial charge in [-0.15, -0.1) is 0 Å². The molecule has 4 nitrogen and oxygen atoms in total. The predicted octanol–water partition coefficient (Wildman–Crippen LogP) is 5.00. The zero-order chi connectivity index (χ0) is 18.8. The maximum Gasteiger partial charge on any atom is 0.167 e. The van der Waals surface area contributed by atoms with Gasteiger partial charge in [-0.3, -0.25) is 9.69 Å². The van der Waals surface area contributed by atoms with Crippen LogP contribution in [0.2, 0.25) is 0 Å². The van der Waals surface area contributed by atoms with Crippen molar-refractivity contribution in [1.29, 1.82) is 5.26 Å². The van der Waals surface area contributed by atoms with Crippen LogP contribution in [0.1, 0.15) is 55.5 Å². The standard InChI is InChI=1S/C23H26N2O2.CH4/c1-27-22-10-8-16-14-17(7-9-20(16)21(22)11-12-24)23(26)18-4-3-13-25(15-18)19-5-2-6-19;/h7-10,14,18-19H,2-6,11,13,15H2,1H3;1H4/t18-;/m1./s1. The van der Waals surface area contributed by atoms with Gasteiger partial charge in [0.25, 0.3) is 0 Å². The number of hydrogen-bond donors (Lipinski definition) is 0. The molecule has 2 aliphatic rings. The molecule has 0 spiro atoms. The number of ether oxygens (including phenoxy) is 1. The van der Waals surface area contributed by atoms with Crippen LogP contribution in [0.15, 0.2) is 30.3 Å². The second-order valence-electron chi connectivity index (χ2n) is 7.80. The molecule has 0 N–H and O–H groups in total. The summed E-state index contributed by atoms with van der Waals surface area (Å²) in [5, 5.41) is 11.1. The van der Waals surface area contributed by atoms with E-state index in [1.165, 1.54) is 19.3 Å². The monoisotopic (exact) mass is 378 g/mol. The van der Waals surface area contributed by atoms with Crippen LogP contribution in [0.3, 0.4) is 0 Å². The summed E-state index contributed by atoms with van der Waals surface area (Å²) < 4.78 is 5.41. The molecule has 2 aromatic rings. The maximum absolute atomic E-state index is 13.1. The van der Waals surface area contributed by atoms with Crippen molar-refractivity contribution in [2.24, 2.45) is 5.92 Å². The van der Waals surface area contributed by atoms with E-state index in [-0.39, 0.29) is 19.1 Å². The fourth-order valence-corrected chi connectivity index (χ4v) is 4.52. The van der Waals surface area contributed by atoms with E-state index in [0.29, 0.717) is 12.5 Å². The molecule has 1 heterocycles. The van der Waals surface area contributed by atoms with Gasteiger partial charge in [0, 0.05) is 29.6 Å². The van der Waals surface area contributed by atoms with Gasteiger partial charge in [-0.1, -0.05) is 32.0 Å². The van der Waals surface area contributed by atoms with Crippen LogP contribution in [-0.4, -0.2) is 36.9 Å². The van der Waals surface area contributed by atoms with E-state index in [4.69, 9.17) is 10.00 Å². The summed E-state index contributed by atoms with van der Waals surface area (Å²) in [5.74, 6) is 1.10. The number of nitriles is 1. The Morgan fingerprint density at radius 3 is 2.71 bits per heavy atom. The highest BCUT2D eigenvalue weighted by atomic mass is 16.5. The largest absolute Gasteiger partial charge is 0.496 e. The van der Waals surface area contributed by atoms with Crippen LogP contribution in [0.25, 0.3) is 10.8 Å². The number of carbonyl (C=O) groups is 1. The first-order valence-corrected chi connectivity index (χ1v) is 9.96. The summed E-state index contributed by atoms with van der Waals surface area (Å²) in [6, 6.07) is 12.7. The molecule has 28 heavy (non-hydrogen) atoms. The number of hydrogen-bond acceptors (Lipinski definition) is 4. The first-order valence-electron chi connectivity index (χ1n) is 9.96. The minimum Gasteiger partial charge on any atom is -0.496 e. The molecule has 148 valence electrons. The van der Waals surface area contributed by atoms with E-state index in [0.717, 1.165) is 53.6 Å². The lowest BCUT2D eigenvalue weighted by Crippen LogP contribution is -2.47. The Bertz CT molecular complexity index is 895. The van der Waals surface area contributed by atoms with Crippen molar-refractivity contribution in [3.05, 3.63) is 41.5 Å². The maximum atomic E-state index is 13.1. The van der Waals surface area contributed by atoms with E-state index in [2.05, 4.69) is 11.0 Å². The van der Waals surface area contributed by atoms with Crippen molar-refractivity contribution < 1.29 is 9.53 Å². The molecule has 2 aromatic carbocycles. The summed E-state index contributed by atoms with van der Waals surface area (Å²) in [6.07, 6.45) is 6.32. The Hall–Kier alpha value is -2.38. The molecule has 0 aromatic heterocycles. The molecule has 1 aliphatic heterocycles. The van der Waals surface area contributed by atoms with Crippen LogP contribution < -0.4 is 4.74 Å². The quantitative estimate of drug-likeness (QED) is 0.687. The Morgan fingerprint density at radius 2 is 2.04 bits per heavy atom. The third kappa shape index (κ3) is 3.77. The highest BCUT2D eigenvalue weighted by Gasteiger charge is 2.32. The van der Waals surface area contributed by atoms with Crippen molar-refractivity contribution in [2.45, 2.75) is 52.0 Å². The van der Waals surface area contributed by atoms with E-state index in [9.17, 15) is 4.79 Å². The van der Waals surface area contributed by atoms with Gasteiger partial charge >= 0.3 is 0 Å². The molecule has 2 fully saturated rings. The minimum absolute atomic E-state index is 0. The molecule has 0 radical (unpaired) electrons. The molecule has 1 saturated carbocycles. The Morgan fingerprint density at radius 1 is 1.21 bits per heavy atom. The number of Topliss-reactive ketones (excluding diaryl/α,β-unsaturated/α-hetero) is 1.